The first kappa shape index (κ1) is 15.4. The van der Waals surface area contributed by atoms with E-state index in [9.17, 15) is 9.59 Å². The number of nitrogens with one attached hydrogen (secondary N) is 2. The summed E-state index contributed by atoms with van der Waals surface area (Å²) in [7, 11) is 0. The number of hydrogen-bond donors (Lipinski definition) is 2. The van der Waals surface area contributed by atoms with Crippen molar-refractivity contribution in [1.29, 1.82) is 0 Å². The monoisotopic (exact) mass is 334 g/mol. The van der Waals surface area contributed by atoms with E-state index in [1.54, 1.807) is 6.07 Å². The van der Waals surface area contributed by atoms with Gasteiger partial charge in [-0.25, -0.2) is 4.79 Å². The second-order valence-electron chi connectivity index (χ2n) is 6.24. The Bertz CT molecular complexity index is 975. The van der Waals surface area contributed by atoms with E-state index >= 15 is 0 Å². The second kappa shape index (κ2) is 6.43. The summed E-state index contributed by atoms with van der Waals surface area (Å²) in [5.41, 5.74) is 1.83. The summed E-state index contributed by atoms with van der Waals surface area (Å²) in [5, 5.41) is 6.83. The van der Waals surface area contributed by atoms with Gasteiger partial charge in [-0.2, -0.15) is 0 Å². The van der Waals surface area contributed by atoms with Gasteiger partial charge in [0.2, 0.25) is 5.91 Å². The second-order valence-corrected chi connectivity index (χ2v) is 6.24. The van der Waals surface area contributed by atoms with Gasteiger partial charge in [0, 0.05) is 17.8 Å². The lowest BCUT2D eigenvalue weighted by Gasteiger charge is -2.14. The molecule has 1 aromatic heterocycles. The van der Waals surface area contributed by atoms with Crippen molar-refractivity contribution in [2.24, 2.45) is 5.92 Å². The first-order valence-corrected chi connectivity index (χ1v) is 8.37. The minimum Gasteiger partial charge on any atom is -0.421 e. The maximum absolute atomic E-state index is 12.4. The minimum absolute atomic E-state index is 0.00726. The Labute approximate surface area is 144 Å². The van der Waals surface area contributed by atoms with Gasteiger partial charge in [0.1, 0.15) is 5.58 Å². The molecular formula is C20H18N2O3. The van der Waals surface area contributed by atoms with E-state index in [1.807, 2.05) is 48.5 Å². The third kappa shape index (κ3) is 3.26. The summed E-state index contributed by atoms with van der Waals surface area (Å²) < 4.78 is 5.38. The summed E-state index contributed by atoms with van der Waals surface area (Å²) in [6.45, 7) is 0.542. The van der Waals surface area contributed by atoms with E-state index in [-0.39, 0.29) is 17.5 Å². The number of amides is 1. The lowest BCUT2D eigenvalue weighted by molar-refractivity contribution is -0.117. The Balaban J connectivity index is 1.74. The third-order valence-corrected chi connectivity index (χ3v) is 4.32. The number of fused-ring (bicyclic) bond motifs is 1. The summed E-state index contributed by atoms with van der Waals surface area (Å²) >= 11 is 0. The highest BCUT2D eigenvalue weighted by Crippen LogP contribution is 2.33. The Morgan fingerprint density at radius 3 is 2.48 bits per heavy atom. The van der Waals surface area contributed by atoms with Crippen LogP contribution in [0.4, 0.5) is 11.4 Å². The summed E-state index contributed by atoms with van der Waals surface area (Å²) in [6.07, 6.45) is 1.75. The van der Waals surface area contributed by atoms with Gasteiger partial charge in [-0.15, -0.1) is 0 Å². The maximum Gasteiger partial charge on any atom is 0.362 e. The predicted octanol–water partition coefficient (Wildman–Crippen LogP) is 3.75. The lowest BCUT2D eigenvalue weighted by atomic mass is 10.1. The van der Waals surface area contributed by atoms with E-state index in [2.05, 4.69) is 10.6 Å². The molecule has 0 radical (unpaired) electrons. The van der Waals surface area contributed by atoms with Crippen molar-refractivity contribution < 1.29 is 9.21 Å². The highest BCUT2D eigenvalue weighted by Gasteiger charge is 2.31. The SMILES string of the molecule is O=C(Nc1c(NCc2ccccc2)c2ccccc2oc1=O)C1CC1. The van der Waals surface area contributed by atoms with Crippen molar-refractivity contribution >= 4 is 28.3 Å². The summed E-state index contributed by atoms with van der Waals surface area (Å²) in [5.74, 6) is -0.113. The molecule has 3 aromatic rings. The molecule has 5 nitrogen and oxygen atoms in total. The number of carbonyl (C=O) groups is 1. The van der Waals surface area contributed by atoms with Gasteiger partial charge in [0.15, 0.2) is 5.69 Å². The quantitative estimate of drug-likeness (QED) is 0.697. The van der Waals surface area contributed by atoms with Crippen LogP contribution in [-0.2, 0) is 11.3 Å². The van der Waals surface area contributed by atoms with E-state index in [1.165, 1.54) is 0 Å². The molecule has 0 saturated heterocycles. The Kier molecular flexibility index (Phi) is 3.98. The number of rotatable bonds is 5. The standard InChI is InChI=1S/C20H18N2O3/c23-19(14-10-11-14)22-18-17(21-12-13-6-2-1-3-7-13)15-8-4-5-9-16(15)25-20(18)24/h1-9,14,21H,10-12H2,(H,22,23). The maximum atomic E-state index is 12.4. The van der Waals surface area contributed by atoms with Crippen LogP contribution in [0.3, 0.4) is 0 Å². The molecule has 1 amide bonds. The normalized spacial score (nSPS) is 13.6. The van der Waals surface area contributed by atoms with Crippen LogP contribution in [0.25, 0.3) is 11.0 Å². The van der Waals surface area contributed by atoms with Gasteiger partial charge in [-0.3, -0.25) is 4.79 Å². The fraction of sp³-hybridized carbons (Fsp3) is 0.200. The minimum atomic E-state index is -0.539. The molecule has 0 unspecified atom stereocenters. The Morgan fingerprint density at radius 1 is 1.00 bits per heavy atom. The van der Waals surface area contributed by atoms with Crippen molar-refractivity contribution in [1.82, 2.24) is 0 Å². The fourth-order valence-electron chi connectivity index (χ4n) is 2.80. The molecule has 0 spiro atoms. The van der Waals surface area contributed by atoms with E-state index in [0.717, 1.165) is 23.8 Å². The van der Waals surface area contributed by atoms with Crippen LogP contribution in [-0.4, -0.2) is 5.91 Å². The van der Waals surface area contributed by atoms with Gasteiger partial charge in [-0.05, 0) is 30.5 Å². The van der Waals surface area contributed by atoms with Crippen molar-refractivity contribution in [3.05, 3.63) is 70.6 Å². The van der Waals surface area contributed by atoms with Crippen LogP contribution in [0.1, 0.15) is 18.4 Å². The van der Waals surface area contributed by atoms with Crippen LogP contribution < -0.4 is 16.3 Å². The van der Waals surface area contributed by atoms with Gasteiger partial charge >= 0.3 is 5.63 Å². The number of anilines is 2. The largest absolute Gasteiger partial charge is 0.421 e. The number of carbonyl (C=O) groups excluding carboxylic acids is 1. The molecule has 0 bridgehead atoms. The zero-order valence-corrected chi connectivity index (χ0v) is 13.6. The van der Waals surface area contributed by atoms with Gasteiger partial charge in [-0.1, -0.05) is 42.5 Å². The van der Waals surface area contributed by atoms with Crippen LogP contribution in [0.2, 0.25) is 0 Å². The van der Waals surface area contributed by atoms with E-state index in [4.69, 9.17) is 4.42 Å². The lowest BCUT2D eigenvalue weighted by Crippen LogP contribution is -2.21. The van der Waals surface area contributed by atoms with E-state index < -0.39 is 5.63 Å². The van der Waals surface area contributed by atoms with Crippen molar-refractivity contribution in [3.8, 4) is 0 Å². The molecule has 5 heteroatoms. The average molecular weight is 334 g/mol. The number of benzene rings is 2. The third-order valence-electron chi connectivity index (χ3n) is 4.32. The molecule has 25 heavy (non-hydrogen) atoms. The Morgan fingerprint density at radius 2 is 1.72 bits per heavy atom. The highest BCUT2D eigenvalue weighted by molar-refractivity contribution is 6.03. The molecule has 126 valence electrons. The van der Waals surface area contributed by atoms with Crippen molar-refractivity contribution in [2.75, 3.05) is 10.6 Å². The van der Waals surface area contributed by atoms with Crippen LogP contribution in [0.5, 0.6) is 0 Å². The molecule has 1 fully saturated rings. The molecule has 1 saturated carbocycles. The first-order valence-electron chi connectivity index (χ1n) is 8.37. The molecule has 1 aliphatic carbocycles. The number of hydrogen-bond acceptors (Lipinski definition) is 4. The summed E-state index contributed by atoms with van der Waals surface area (Å²) in [6, 6.07) is 17.2. The van der Waals surface area contributed by atoms with Gasteiger partial charge < -0.3 is 15.1 Å². The van der Waals surface area contributed by atoms with Crippen molar-refractivity contribution in [2.45, 2.75) is 19.4 Å². The van der Waals surface area contributed by atoms with Gasteiger partial charge in [0.25, 0.3) is 0 Å². The zero-order valence-electron chi connectivity index (χ0n) is 13.6. The average Bonchev–Trinajstić information content (AvgIpc) is 3.47. The zero-order chi connectivity index (χ0) is 17.2. The van der Waals surface area contributed by atoms with Crippen molar-refractivity contribution in [3.63, 3.8) is 0 Å². The molecule has 1 heterocycles. The van der Waals surface area contributed by atoms with Crippen LogP contribution >= 0.6 is 0 Å². The molecule has 0 aliphatic heterocycles. The van der Waals surface area contributed by atoms with Gasteiger partial charge in [0.05, 0.1) is 5.69 Å². The topological polar surface area (TPSA) is 71.3 Å². The molecule has 2 aromatic carbocycles. The highest BCUT2D eigenvalue weighted by atomic mass is 16.4. The molecule has 4 rings (SSSR count). The molecule has 2 N–H and O–H groups in total. The first-order chi connectivity index (χ1) is 12.2. The van der Waals surface area contributed by atoms with E-state index in [0.29, 0.717) is 17.8 Å². The van der Waals surface area contributed by atoms with Crippen LogP contribution in [0, 0.1) is 5.92 Å². The predicted molar refractivity (Wildman–Crippen MR) is 97.6 cm³/mol. The molecular weight excluding hydrogens is 316 g/mol. The number of para-hydroxylation sites is 1. The summed E-state index contributed by atoms with van der Waals surface area (Å²) in [4.78, 5) is 24.6. The molecule has 1 aliphatic rings. The smallest absolute Gasteiger partial charge is 0.362 e. The fourth-order valence-corrected chi connectivity index (χ4v) is 2.80. The molecule has 0 atom stereocenters. The Hall–Kier alpha value is -3.08. The van der Waals surface area contributed by atoms with Crippen LogP contribution in [0.15, 0.2) is 63.8 Å².